The first-order valence-corrected chi connectivity index (χ1v) is 9.31. The molecule has 1 aromatic heterocycles. The molecule has 1 saturated heterocycles. The standard InChI is InChI=1S/C20H22N4O2S/c1-3-9-24-19(26)16(18(25)23-20(24)27)12-21-14(4-2)10-13-11-22-17-8-6-5-7-15(13)17/h3,5-8,11-12,14,16,22H,1,4,9-10H2,2H3,(H,23,25,27)/t14-,16?/m0/s1. The van der Waals surface area contributed by atoms with Crippen LogP contribution in [0.1, 0.15) is 18.9 Å². The number of aliphatic imine (C=N–C) groups is 1. The van der Waals surface area contributed by atoms with Crippen LogP contribution in [0.25, 0.3) is 10.9 Å². The zero-order chi connectivity index (χ0) is 19.4. The Morgan fingerprint density at radius 2 is 2.15 bits per heavy atom. The fourth-order valence-electron chi connectivity index (χ4n) is 3.13. The molecule has 1 aliphatic heterocycles. The van der Waals surface area contributed by atoms with E-state index in [2.05, 4.69) is 27.9 Å². The zero-order valence-corrected chi connectivity index (χ0v) is 16.0. The molecule has 2 amide bonds. The predicted molar refractivity (Wildman–Crippen MR) is 111 cm³/mol. The van der Waals surface area contributed by atoms with Gasteiger partial charge in [-0.15, -0.1) is 6.58 Å². The highest BCUT2D eigenvalue weighted by Crippen LogP contribution is 2.21. The lowest BCUT2D eigenvalue weighted by Crippen LogP contribution is -2.58. The molecule has 0 spiro atoms. The first-order valence-electron chi connectivity index (χ1n) is 8.90. The maximum Gasteiger partial charge on any atom is 0.247 e. The van der Waals surface area contributed by atoms with Gasteiger partial charge in [0.2, 0.25) is 11.8 Å². The number of aromatic amines is 1. The quantitative estimate of drug-likeness (QED) is 0.334. The highest BCUT2D eigenvalue weighted by atomic mass is 32.1. The van der Waals surface area contributed by atoms with Crippen molar-refractivity contribution in [2.24, 2.45) is 10.9 Å². The molecule has 0 radical (unpaired) electrons. The Kier molecular flexibility index (Phi) is 5.81. The van der Waals surface area contributed by atoms with Gasteiger partial charge >= 0.3 is 0 Å². The highest BCUT2D eigenvalue weighted by molar-refractivity contribution is 7.80. The summed E-state index contributed by atoms with van der Waals surface area (Å²) in [4.78, 5) is 33.9. The molecule has 140 valence electrons. The van der Waals surface area contributed by atoms with Gasteiger partial charge in [-0.25, -0.2) is 0 Å². The summed E-state index contributed by atoms with van der Waals surface area (Å²) in [5.41, 5.74) is 2.25. The molecule has 0 bridgehead atoms. The third-order valence-electron chi connectivity index (χ3n) is 4.65. The van der Waals surface area contributed by atoms with Crippen LogP contribution in [0, 0.1) is 5.92 Å². The highest BCUT2D eigenvalue weighted by Gasteiger charge is 2.36. The summed E-state index contributed by atoms with van der Waals surface area (Å²) in [6, 6.07) is 8.08. The number of aromatic nitrogens is 1. The minimum absolute atomic E-state index is 0.0217. The van der Waals surface area contributed by atoms with Crippen molar-refractivity contribution in [3.8, 4) is 0 Å². The number of carbonyl (C=O) groups excluding carboxylic acids is 2. The Bertz CT molecular complexity index is 918. The number of nitrogens with zero attached hydrogens (tertiary/aromatic N) is 2. The molecule has 2 N–H and O–H groups in total. The van der Waals surface area contributed by atoms with Gasteiger partial charge in [0.1, 0.15) is 0 Å². The van der Waals surface area contributed by atoms with E-state index in [0.717, 1.165) is 18.4 Å². The van der Waals surface area contributed by atoms with Crippen molar-refractivity contribution in [2.45, 2.75) is 25.8 Å². The van der Waals surface area contributed by atoms with E-state index in [1.165, 1.54) is 22.1 Å². The molecule has 0 aliphatic carbocycles. The summed E-state index contributed by atoms with van der Waals surface area (Å²) in [5.74, 6) is -1.76. The second-order valence-corrected chi connectivity index (χ2v) is 6.82. The number of para-hydroxylation sites is 1. The molecule has 1 aliphatic rings. The van der Waals surface area contributed by atoms with Crippen molar-refractivity contribution < 1.29 is 9.59 Å². The van der Waals surface area contributed by atoms with Gasteiger partial charge in [-0.3, -0.25) is 19.5 Å². The van der Waals surface area contributed by atoms with Crippen LogP contribution in [0.3, 0.4) is 0 Å². The third-order valence-corrected chi connectivity index (χ3v) is 4.97. The molecule has 27 heavy (non-hydrogen) atoms. The number of carbonyl (C=O) groups is 2. The number of thiocarbonyl (C=S) groups is 1. The van der Waals surface area contributed by atoms with E-state index in [4.69, 9.17) is 12.2 Å². The van der Waals surface area contributed by atoms with Crippen LogP contribution >= 0.6 is 12.2 Å². The summed E-state index contributed by atoms with van der Waals surface area (Å²) in [6.07, 6.45) is 6.55. The van der Waals surface area contributed by atoms with Crippen molar-refractivity contribution in [1.29, 1.82) is 0 Å². The van der Waals surface area contributed by atoms with E-state index in [1.807, 2.05) is 31.3 Å². The summed E-state index contributed by atoms with van der Waals surface area (Å²) in [6.45, 7) is 5.92. The monoisotopic (exact) mass is 382 g/mol. The molecule has 3 rings (SSSR count). The van der Waals surface area contributed by atoms with Gasteiger partial charge < -0.3 is 10.3 Å². The smallest absolute Gasteiger partial charge is 0.247 e. The fraction of sp³-hybridized carbons (Fsp3) is 0.300. The topological polar surface area (TPSA) is 77.6 Å². The van der Waals surface area contributed by atoms with Gasteiger partial charge in [-0.05, 0) is 36.7 Å². The largest absolute Gasteiger partial charge is 0.361 e. The van der Waals surface area contributed by atoms with Crippen molar-refractivity contribution in [3.63, 3.8) is 0 Å². The van der Waals surface area contributed by atoms with Crippen molar-refractivity contribution in [3.05, 3.63) is 48.7 Å². The van der Waals surface area contributed by atoms with E-state index in [-0.39, 0.29) is 23.6 Å². The molecule has 2 atom stereocenters. The average Bonchev–Trinajstić information content (AvgIpc) is 3.06. The Morgan fingerprint density at radius 1 is 1.37 bits per heavy atom. The zero-order valence-electron chi connectivity index (χ0n) is 15.1. The van der Waals surface area contributed by atoms with E-state index in [0.29, 0.717) is 0 Å². The third kappa shape index (κ3) is 3.98. The number of fused-ring (bicyclic) bond motifs is 1. The number of hydrogen-bond acceptors (Lipinski definition) is 4. The average molecular weight is 382 g/mol. The minimum atomic E-state index is -0.964. The van der Waals surface area contributed by atoms with Gasteiger partial charge in [-0.2, -0.15) is 0 Å². The molecular formula is C20H22N4O2S. The minimum Gasteiger partial charge on any atom is -0.361 e. The van der Waals surface area contributed by atoms with Crippen LogP contribution in [0.15, 0.2) is 48.1 Å². The lowest BCUT2D eigenvalue weighted by Gasteiger charge is -2.30. The van der Waals surface area contributed by atoms with Crippen LogP contribution in [-0.2, 0) is 16.0 Å². The molecule has 1 fully saturated rings. The first kappa shape index (κ1) is 19.0. The SMILES string of the molecule is C=CCN1C(=O)C(C=N[C@@H](CC)Cc2c[nH]c3ccccc23)C(=O)NC1=S. The van der Waals surface area contributed by atoms with E-state index < -0.39 is 11.8 Å². The maximum absolute atomic E-state index is 12.6. The number of rotatable bonds is 7. The second kappa shape index (κ2) is 8.26. The number of nitrogens with one attached hydrogen (secondary N) is 2. The van der Waals surface area contributed by atoms with E-state index in [1.54, 1.807) is 6.08 Å². The van der Waals surface area contributed by atoms with Crippen LogP contribution in [-0.4, -0.2) is 45.6 Å². The molecule has 0 saturated carbocycles. The maximum atomic E-state index is 12.6. The summed E-state index contributed by atoms with van der Waals surface area (Å²) < 4.78 is 0. The molecule has 1 unspecified atom stereocenters. The Balaban J connectivity index is 1.76. The molecular weight excluding hydrogens is 360 g/mol. The number of hydrogen-bond donors (Lipinski definition) is 2. The van der Waals surface area contributed by atoms with Crippen LogP contribution in [0.5, 0.6) is 0 Å². The van der Waals surface area contributed by atoms with Crippen LogP contribution in [0.2, 0.25) is 0 Å². The Labute approximate surface area is 163 Å². The Hall–Kier alpha value is -2.80. The fourth-order valence-corrected chi connectivity index (χ4v) is 3.39. The molecule has 7 heteroatoms. The number of amides is 2. The normalized spacial score (nSPS) is 18.9. The first-order chi connectivity index (χ1) is 13.0. The van der Waals surface area contributed by atoms with E-state index in [9.17, 15) is 9.59 Å². The lowest BCUT2D eigenvalue weighted by molar-refractivity contribution is -0.137. The van der Waals surface area contributed by atoms with Gasteiger partial charge in [0.15, 0.2) is 11.0 Å². The molecule has 2 aromatic rings. The molecule has 6 nitrogen and oxygen atoms in total. The van der Waals surface area contributed by atoms with E-state index >= 15 is 0 Å². The van der Waals surface area contributed by atoms with Crippen molar-refractivity contribution >= 4 is 46.3 Å². The summed E-state index contributed by atoms with van der Waals surface area (Å²) in [7, 11) is 0. The Morgan fingerprint density at radius 3 is 2.89 bits per heavy atom. The van der Waals surface area contributed by atoms with Crippen molar-refractivity contribution in [1.82, 2.24) is 15.2 Å². The van der Waals surface area contributed by atoms with Gasteiger partial charge in [0, 0.05) is 29.9 Å². The second-order valence-electron chi connectivity index (χ2n) is 6.43. The summed E-state index contributed by atoms with van der Waals surface area (Å²) in [5, 5.41) is 3.84. The van der Waals surface area contributed by atoms with Crippen LogP contribution < -0.4 is 5.32 Å². The van der Waals surface area contributed by atoms with Crippen molar-refractivity contribution in [2.75, 3.05) is 6.54 Å². The lowest BCUT2D eigenvalue weighted by atomic mass is 10.0. The molecule has 1 aromatic carbocycles. The molecule has 2 heterocycles. The van der Waals surface area contributed by atoms with Gasteiger partial charge in [0.25, 0.3) is 0 Å². The predicted octanol–water partition coefficient (Wildman–Crippen LogP) is 2.61. The number of benzene rings is 1. The van der Waals surface area contributed by atoms with Crippen LogP contribution in [0.4, 0.5) is 0 Å². The number of H-pyrrole nitrogens is 1. The summed E-state index contributed by atoms with van der Waals surface area (Å²) >= 11 is 5.06. The van der Waals surface area contributed by atoms with Gasteiger partial charge in [-0.1, -0.05) is 31.2 Å². The van der Waals surface area contributed by atoms with Gasteiger partial charge in [0.05, 0.1) is 6.04 Å².